The molecule has 2 aliphatic carbocycles. The fourth-order valence-corrected chi connectivity index (χ4v) is 6.27. The van der Waals surface area contributed by atoms with Gasteiger partial charge < -0.3 is 11.2 Å². The van der Waals surface area contributed by atoms with E-state index in [1.807, 2.05) is 18.2 Å². The number of hydrogen-bond acceptors (Lipinski definition) is 5. The fourth-order valence-electron chi connectivity index (χ4n) is 5.58. The molecule has 2 aliphatic rings. The Morgan fingerprint density at radius 3 is 2.84 bits per heavy atom. The van der Waals surface area contributed by atoms with Gasteiger partial charge in [-0.1, -0.05) is 60.6 Å². The summed E-state index contributed by atoms with van der Waals surface area (Å²) < 4.78 is 1.51. The summed E-state index contributed by atoms with van der Waals surface area (Å²) in [4.78, 5) is 12.5. The lowest BCUT2D eigenvalue weighted by atomic mass is 9.84. The first kappa shape index (κ1) is 20.4. The quantitative estimate of drug-likeness (QED) is 0.436. The van der Waals surface area contributed by atoms with Gasteiger partial charge in [0.05, 0.1) is 5.75 Å². The normalized spacial score (nSPS) is 23.3. The van der Waals surface area contributed by atoms with Crippen LogP contribution >= 0.6 is 11.8 Å². The summed E-state index contributed by atoms with van der Waals surface area (Å²) in [6.07, 6.45) is 5.94. The van der Waals surface area contributed by atoms with Crippen LogP contribution in [0.1, 0.15) is 44.0 Å². The molecule has 1 amide bonds. The van der Waals surface area contributed by atoms with Gasteiger partial charge in [-0.2, -0.15) is 0 Å². The SMILES string of the molecule is C[C@@H](NC(=O)CSc1nnc(Cc2cccc3ccccc23)n1N)[C@H]1C[C@H]2CC[C@H]1C2. The van der Waals surface area contributed by atoms with Gasteiger partial charge >= 0.3 is 0 Å². The highest BCUT2D eigenvalue weighted by molar-refractivity contribution is 7.99. The van der Waals surface area contributed by atoms with Crippen LogP contribution in [0.15, 0.2) is 47.6 Å². The van der Waals surface area contributed by atoms with E-state index < -0.39 is 0 Å². The molecule has 0 saturated heterocycles. The number of fused-ring (bicyclic) bond motifs is 3. The number of benzene rings is 2. The average Bonchev–Trinajstić information content (AvgIpc) is 3.50. The summed E-state index contributed by atoms with van der Waals surface area (Å²) in [6.45, 7) is 2.15. The maximum atomic E-state index is 12.5. The molecule has 0 unspecified atom stereocenters. The van der Waals surface area contributed by atoms with Gasteiger partial charge in [-0.25, -0.2) is 4.68 Å². The Kier molecular flexibility index (Phi) is 5.61. The molecule has 0 spiro atoms. The zero-order valence-corrected chi connectivity index (χ0v) is 18.6. The second kappa shape index (κ2) is 8.54. The molecule has 162 valence electrons. The molecule has 2 fully saturated rings. The predicted octanol–water partition coefficient (Wildman–Crippen LogP) is 3.77. The summed E-state index contributed by atoms with van der Waals surface area (Å²) in [5, 5.41) is 14.7. The monoisotopic (exact) mass is 435 g/mol. The summed E-state index contributed by atoms with van der Waals surface area (Å²) in [5.74, 6) is 9.62. The van der Waals surface area contributed by atoms with Gasteiger partial charge in [0.1, 0.15) is 0 Å². The highest BCUT2D eigenvalue weighted by Gasteiger charge is 2.42. The predicted molar refractivity (Wildman–Crippen MR) is 124 cm³/mol. The third-order valence-corrected chi connectivity index (χ3v) is 8.06. The van der Waals surface area contributed by atoms with Gasteiger partial charge in [-0.3, -0.25) is 4.79 Å². The number of nitrogen functional groups attached to an aromatic ring is 1. The van der Waals surface area contributed by atoms with Crippen LogP contribution in [0.4, 0.5) is 0 Å². The first-order valence-electron chi connectivity index (χ1n) is 11.2. The Balaban J connectivity index is 1.19. The Hall–Kier alpha value is -2.54. The van der Waals surface area contributed by atoms with E-state index in [1.54, 1.807) is 0 Å². The van der Waals surface area contributed by atoms with E-state index in [1.165, 1.54) is 52.9 Å². The van der Waals surface area contributed by atoms with E-state index in [0.29, 0.717) is 29.1 Å². The third-order valence-electron chi connectivity index (χ3n) is 7.12. The third kappa shape index (κ3) is 4.15. The number of thioether (sulfide) groups is 1. The molecule has 2 aromatic carbocycles. The van der Waals surface area contributed by atoms with Gasteiger partial charge in [-0.15, -0.1) is 10.2 Å². The number of nitrogens with one attached hydrogen (secondary N) is 1. The zero-order chi connectivity index (χ0) is 21.4. The van der Waals surface area contributed by atoms with Crippen molar-refractivity contribution >= 4 is 28.4 Å². The van der Waals surface area contributed by atoms with Crippen molar-refractivity contribution in [1.82, 2.24) is 20.2 Å². The van der Waals surface area contributed by atoms with Crippen molar-refractivity contribution in [2.75, 3.05) is 11.6 Å². The number of rotatable bonds is 7. The molecule has 0 radical (unpaired) electrons. The van der Waals surface area contributed by atoms with Crippen LogP contribution < -0.4 is 11.2 Å². The lowest BCUT2D eigenvalue weighted by molar-refractivity contribution is -0.119. The van der Waals surface area contributed by atoms with Crippen molar-refractivity contribution in [2.24, 2.45) is 17.8 Å². The number of carbonyl (C=O) groups excluding carboxylic acids is 1. The first-order valence-corrected chi connectivity index (χ1v) is 12.1. The second-order valence-corrected chi connectivity index (χ2v) is 10.0. The summed E-state index contributed by atoms with van der Waals surface area (Å²) in [5.41, 5.74) is 1.16. The lowest BCUT2D eigenvalue weighted by Gasteiger charge is -2.28. The van der Waals surface area contributed by atoms with Gasteiger partial charge in [0, 0.05) is 12.5 Å². The van der Waals surface area contributed by atoms with Crippen LogP contribution in [0, 0.1) is 17.8 Å². The molecule has 1 aromatic heterocycles. The van der Waals surface area contributed by atoms with Crippen molar-refractivity contribution in [3.05, 3.63) is 53.9 Å². The van der Waals surface area contributed by atoms with Crippen molar-refractivity contribution in [1.29, 1.82) is 0 Å². The molecule has 0 aliphatic heterocycles. The number of nitrogens with two attached hydrogens (primary N) is 1. The fraction of sp³-hybridized carbons (Fsp3) is 0.458. The lowest BCUT2D eigenvalue weighted by Crippen LogP contribution is -2.41. The van der Waals surface area contributed by atoms with Crippen molar-refractivity contribution in [3.8, 4) is 0 Å². The van der Waals surface area contributed by atoms with Crippen LogP contribution in [0.5, 0.6) is 0 Å². The molecule has 5 rings (SSSR count). The van der Waals surface area contributed by atoms with E-state index in [0.717, 1.165) is 17.4 Å². The molecule has 6 nitrogen and oxygen atoms in total. The van der Waals surface area contributed by atoms with Crippen LogP contribution in [0.25, 0.3) is 10.8 Å². The van der Waals surface area contributed by atoms with Crippen molar-refractivity contribution in [3.63, 3.8) is 0 Å². The Labute approximate surface area is 187 Å². The van der Waals surface area contributed by atoms with Crippen LogP contribution in [0.3, 0.4) is 0 Å². The minimum Gasteiger partial charge on any atom is -0.353 e. The Bertz CT molecular complexity index is 1090. The first-order chi connectivity index (χ1) is 15.1. The molecule has 1 heterocycles. The minimum atomic E-state index is 0.0406. The van der Waals surface area contributed by atoms with E-state index in [4.69, 9.17) is 5.84 Å². The van der Waals surface area contributed by atoms with Gasteiger partial charge in [0.25, 0.3) is 0 Å². The highest BCUT2D eigenvalue weighted by Crippen LogP contribution is 2.49. The molecule has 2 saturated carbocycles. The molecular weight excluding hydrogens is 406 g/mol. The molecule has 4 atom stereocenters. The summed E-state index contributed by atoms with van der Waals surface area (Å²) in [6, 6.07) is 14.8. The number of carbonyl (C=O) groups is 1. The Morgan fingerprint density at radius 1 is 1.19 bits per heavy atom. The van der Waals surface area contributed by atoms with E-state index in [2.05, 4.69) is 46.7 Å². The summed E-state index contributed by atoms with van der Waals surface area (Å²) in [7, 11) is 0. The topological polar surface area (TPSA) is 85.8 Å². The Morgan fingerprint density at radius 2 is 2.03 bits per heavy atom. The minimum absolute atomic E-state index is 0.0406. The zero-order valence-electron chi connectivity index (χ0n) is 17.8. The standard InChI is InChI=1S/C24H29N5OS/c1-15(21-12-16-9-10-19(21)11-16)26-23(30)14-31-24-28-27-22(29(24)25)13-18-7-4-6-17-5-2-3-8-20(17)18/h2-8,15-16,19,21H,9-14,25H2,1H3,(H,26,30)/t15-,16+,19+,21-/m1/s1. The molecule has 3 N–H and O–H groups in total. The largest absolute Gasteiger partial charge is 0.353 e. The maximum Gasteiger partial charge on any atom is 0.230 e. The van der Waals surface area contributed by atoms with Crippen molar-refractivity contribution < 1.29 is 4.79 Å². The smallest absolute Gasteiger partial charge is 0.230 e. The molecular formula is C24H29N5OS. The second-order valence-electron chi connectivity index (χ2n) is 9.07. The average molecular weight is 436 g/mol. The van der Waals surface area contributed by atoms with Gasteiger partial charge in [-0.05, 0) is 60.3 Å². The molecule has 31 heavy (non-hydrogen) atoms. The number of amides is 1. The van der Waals surface area contributed by atoms with E-state index in [-0.39, 0.29) is 11.9 Å². The molecule has 3 aromatic rings. The van der Waals surface area contributed by atoms with E-state index >= 15 is 0 Å². The number of aromatic nitrogens is 3. The number of hydrogen-bond donors (Lipinski definition) is 2. The van der Waals surface area contributed by atoms with Gasteiger partial charge in [0.2, 0.25) is 11.1 Å². The maximum absolute atomic E-state index is 12.5. The highest BCUT2D eigenvalue weighted by atomic mass is 32.2. The summed E-state index contributed by atoms with van der Waals surface area (Å²) >= 11 is 1.34. The van der Waals surface area contributed by atoms with Crippen LogP contribution in [-0.2, 0) is 11.2 Å². The van der Waals surface area contributed by atoms with Gasteiger partial charge in [0.15, 0.2) is 5.82 Å². The molecule has 7 heteroatoms. The molecule has 2 bridgehead atoms. The van der Waals surface area contributed by atoms with Crippen molar-refractivity contribution in [2.45, 2.75) is 50.2 Å². The van der Waals surface area contributed by atoms with Crippen LogP contribution in [0.2, 0.25) is 0 Å². The van der Waals surface area contributed by atoms with E-state index in [9.17, 15) is 4.79 Å². The number of nitrogens with zero attached hydrogens (tertiary/aromatic N) is 3. The van der Waals surface area contributed by atoms with Crippen LogP contribution in [-0.4, -0.2) is 32.6 Å².